The smallest absolute Gasteiger partial charge is 0.260 e. The Bertz CT molecular complexity index is 1830. The zero-order valence-corrected chi connectivity index (χ0v) is 24.2. The number of aryl methyl sites for hydroxylation is 2. The Morgan fingerprint density at radius 2 is 1.55 bits per heavy atom. The number of nitrogens with zero attached hydrogens (tertiary/aromatic N) is 1. The van der Waals surface area contributed by atoms with Crippen LogP contribution < -0.4 is 24.5 Å². The number of benzene rings is 3. The number of H-pyrrole nitrogens is 1. The predicted molar refractivity (Wildman–Crippen MR) is 162 cm³/mol. The van der Waals surface area contributed by atoms with Crippen molar-refractivity contribution < 1.29 is 23.7 Å². The molecule has 1 aliphatic rings. The van der Waals surface area contributed by atoms with Gasteiger partial charge in [-0.3, -0.25) is 9.59 Å². The monoisotopic (exact) mass is 582 g/mol. The van der Waals surface area contributed by atoms with Crippen LogP contribution in [0.15, 0.2) is 65.5 Å². The molecule has 0 fully saturated rings. The van der Waals surface area contributed by atoms with Crippen molar-refractivity contribution in [1.82, 2.24) is 9.97 Å². The molecule has 0 saturated carbocycles. The molecule has 0 saturated heterocycles. The second-order valence-electron chi connectivity index (χ2n) is 10.1. The number of rotatable bonds is 10. The number of methoxy groups -OCH3 is 2. The van der Waals surface area contributed by atoms with Gasteiger partial charge in [0.05, 0.1) is 19.6 Å². The van der Waals surface area contributed by atoms with Crippen molar-refractivity contribution in [3.05, 3.63) is 98.1 Å². The van der Waals surface area contributed by atoms with Crippen LogP contribution in [0.4, 0.5) is 0 Å². The SMILES string of the molecule is COc1cc(C=O)ccc1OCc1cccc(COc2ccc(-c3nc4sc5c(c4c(=O)[nH]3)CCCC5)cc2OC)c1. The van der Waals surface area contributed by atoms with Gasteiger partial charge in [0, 0.05) is 16.0 Å². The minimum absolute atomic E-state index is 0.0889. The van der Waals surface area contributed by atoms with E-state index in [9.17, 15) is 9.59 Å². The molecule has 2 aromatic heterocycles. The first kappa shape index (κ1) is 27.5. The van der Waals surface area contributed by atoms with Gasteiger partial charge in [0.2, 0.25) is 0 Å². The van der Waals surface area contributed by atoms with Crippen molar-refractivity contribution in [3.8, 4) is 34.4 Å². The molecule has 1 N–H and O–H groups in total. The Morgan fingerprint density at radius 3 is 2.26 bits per heavy atom. The number of hydrogen-bond acceptors (Lipinski definition) is 8. The van der Waals surface area contributed by atoms with Gasteiger partial charge in [-0.15, -0.1) is 11.3 Å². The van der Waals surface area contributed by atoms with Crippen molar-refractivity contribution in [1.29, 1.82) is 0 Å². The Morgan fingerprint density at radius 1 is 0.857 bits per heavy atom. The molecule has 0 amide bonds. The van der Waals surface area contributed by atoms with E-state index in [1.54, 1.807) is 43.8 Å². The number of carbonyl (C=O) groups excluding carboxylic acids is 1. The van der Waals surface area contributed by atoms with Gasteiger partial charge in [-0.2, -0.15) is 0 Å². The van der Waals surface area contributed by atoms with E-state index in [0.717, 1.165) is 58.9 Å². The number of hydrogen-bond donors (Lipinski definition) is 1. The second kappa shape index (κ2) is 12.1. The number of aromatic nitrogens is 2. The van der Waals surface area contributed by atoms with Gasteiger partial charge in [-0.25, -0.2) is 4.98 Å². The van der Waals surface area contributed by atoms with Gasteiger partial charge in [0.1, 0.15) is 30.2 Å². The lowest BCUT2D eigenvalue weighted by Crippen LogP contribution is -2.11. The Labute approximate surface area is 246 Å². The lowest BCUT2D eigenvalue weighted by molar-refractivity contribution is 0.112. The highest BCUT2D eigenvalue weighted by molar-refractivity contribution is 7.18. The Hall–Kier alpha value is -4.63. The second-order valence-corrected chi connectivity index (χ2v) is 11.2. The van der Waals surface area contributed by atoms with E-state index in [4.69, 9.17) is 23.9 Å². The molecule has 0 aliphatic heterocycles. The zero-order chi connectivity index (χ0) is 29.1. The maximum Gasteiger partial charge on any atom is 0.260 e. The third kappa shape index (κ3) is 5.60. The van der Waals surface area contributed by atoms with Crippen LogP contribution in [0.2, 0.25) is 0 Å². The number of nitrogens with one attached hydrogen (secondary N) is 1. The van der Waals surface area contributed by atoms with Crippen molar-refractivity contribution in [3.63, 3.8) is 0 Å². The predicted octanol–water partition coefficient (Wildman–Crippen LogP) is 6.52. The Balaban J connectivity index is 1.16. The molecule has 8 nitrogen and oxygen atoms in total. The number of fused-ring (bicyclic) bond motifs is 3. The topological polar surface area (TPSA) is 99.7 Å². The van der Waals surface area contributed by atoms with E-state index in [0.29, 0.717) is 47.6 Å². The molecule has 0 atom stereocenters. The molecule has 1 aliphatic carbocycles. The summed E-state index contributed by atoms with van der Waals surface area (Å²) in [5.41, 5.74) is 4.28. The maximum atomic E-state index is 13.0. The van der Waals surface area contributed by atoms with Crippen molar-refractivity contribution in [2.45, 2.75) is 38.9 Å². The number of aromatic amines is 1. The van der Waals surface area contributed by atoms with E-state index in [1.807, 2.05) is 42.5 Å². The van der Waals surface area contributed by atoms with Crippen LogP contribution in [0.1, 0.15) is 44.8 Å². The van der Waals surface area contributed by atoms with E-state index >= 15 is 0 Å². The van der Waals surface area contributed by atoms with Gasteiger partial charge >= 0.3 is 0 Å². The van der Waals surface area contributed by atoms with Crippen LogP contribution in [-0.4, -0.2) is 30.5 Å². The van der Waals surface area contributed by atoms with E-state index < -0.39 is 0 Å². The highest BCUT2D eigenvalue weighted by atomic mass is 32.1. The molecule has 0 bridgehead atoms. The van der Waals surface area contributed by atoms with Gasteiger partial charge in [-0.1, -0.05) is 18.2 Å². The summed E-state index contributed by atoms with van der Waals surface area (Å²) in [4.78, 5) is 33.9. The molecule has 42 heavy (non-hydrogen) atoms. The van der Waals surface area contributed by atoms with Crippen molar-refractivity contribution >= 4 is 27.8 Å². The summed E-state index contributed by atoms with van der Waals surface area (Å²) in [7, 11) is 3.13. The molecule has 214 valence electrons. The average molecular weight is 583 g/mol. The number of carbonyl (C=O) groups is 1. The van der Waals surface area contributed by atoms with Gasteiger partial charge in [-0.05, 0) is 84.8 Å². The zero-order valence-electron chi connectivity index (χ0n) is 23.4. The largest absolute Gasteiger partial charge is 0.493 e. The first-order valence-electron chi connectivity index (χ1n) is 13.8. The third-order valence-electron chi connectivity index (χ3n) is 7.37. The minimum Gasteiger partial charge on any atom is -0.493 e. The molecule has 9 heteroatoms. The van der Waals surface area contributed by atoms with Crippen LogP contribution in [0.3, 0.4) is 0 Å². The van der Waals surface area contributed by atoms with Gasteiger partial charge in [0.15, 0.2) is 23.0 Å². The number of thiophene rings is 1. The lowest BCUT2D eigenvalue weighted by atomic mass is 9.97. The lowest BCUT2D eigenvalue weighted by Gasteiger charge is -2.14. The molecule has 0 spiro atoms. The minimum atomic E-state index is -0.0889. The van der Waals surface area contributed by atoms with Gasteiger partial charge < -0.3 is 23.9 Å². The normalized spacial score (nSPS) is 12.5. The van der Waals surface area contributed by atoms with Crippen LogP contribution in [0.25, 0.3) is 21.6 Å². The third-order valence-corrected chi connectivity index (χ3v) is 8.55. The summed E-state index contributed by atoms with van der Waals surface area (Å²) in [6.07, 6.45) is 5.01. The number of aldehydes is 1. The summed E-state index contributed by atoms with van der Waals surface area (Å²) in [6, 6.07) is 18.5. The summed E-state index contributed by atoms with van der Waals surface area (Å²) < 4.78 is 23.1. The molecule has 6 rings (SSSR count). The van der Waals surface area contributed by atoms with Crippen LogP contribution in [0.5, 0.6) is 23.0 Å². The molecule has 2 heterocycles. The molecule has 0 unspecified atom stereocenters. The molecular weight excluding hydrogens is 552 g/mol. The van der Waals surface area contributed by atoms with Crippen LogP contribution in [-0.2, 0) is 26.1 Å². The highest BCUT2D eigenvalue weighted by Gasteiger charge is 2.20. The van der Waals surface area contributed by atoms with E-state index in [-0.39, 0.29) is 5.56 Å². The number of ether oxygens (including phenoxy) is 4. The summed E-state index contributed by atoms with van der Waals surface area (Å²) in [5, 5.41) is 0.743. The molecular formula is C33H30N2O6S. The maximum absolute atomic E-state index is 13.0. The quantitative estimate of drug-likeness (QED) is 0.187. The van der Waals surface area contributed by atoms with Crippen molar-refractivity contribution in [2.75, 3.05) is 14.2 Å². The van der Waals surface area contributed by atoms with Crippen LogP contribution in [0, 0.1) is 0 Å². The van der Waals surface area contributed by atoms with E-state index in [2.05, 4.69) is 4.98 Å². The Kier molecular flexibility index (Phi) is 7.92. The average Bonchev–Trinajstić information content (AvgIpc) is 3.42. The molecule has 3 aromatic carbocycles. The molecule has 0 radical (unpaired) electrons. The summed E-state index contributed by atoms with van der Waals surface area (Å²) >= 11 is 1.63. The summed E-state index contributed by atoms with van der Waals surface area (Å²) in [5.74, 6) is 2.71. The van der Waals surface area contributed by atoms with Gasteiger partial charge in [0.25, 0.3) is 5.56 Å². The molecule has 5 aromatic rings. The fraction of sp³-hybridized carbons (Fsp3) is 0.242. The first-order valence-corrected chi connectivity index (χ1v) is 14.6. The fourth-order valence-corrected chi connectivity index (χ4v) is 6.50. The van der Waals surface area contributed by atoms with Crippen molar-refractivity contribution in [2.24, 2.45) is 0 Å². The fourth-order valence-electron chi connectivity index (χ4n) is 5.24. The first-order chi connectivity index (χ1) is 20.6. The summed E-state index contributed by atoms with van der Waals surface area (Å²) in [6.45, 7) is 0.647. The highest BCUT2D eigenvalue weighted by Crippen LogP contribution is 2.36. The van der Waals surface area contributed by atoms with E-state index in [1.165, 1.54) is 10.4 Å². The van der Waals surface area contributed by atoms with Crippen LogP contribution >= 0.6 is 11.3 Å². The standard InChI is InChI=1S/C33H30N2O6S/c1-38-27-15-20(17-36)10-12-25(27)40-18-21-6-5-7-22(14-21)19-41-26-13-11-23(16-28(26)39-2)31-34-32(37)30-24-8-3-4-9-29(24)42-33(30)35-31/h5-7,10-17H,3-4,8-9,18-19H2,1-2H3,(H,34,35,37).